The molecule has 8 heteroatoms. The van der Waals surface area contributed by atoms with Gasteiger partial charge in [0.1, 0.15) is 6.61 Å². The number of sulfonamides is 1. The molecule has 2 aromatic rings. The van der Waals surface area contributed by atoms with Crippen LogP contribution in [0.3, 0.4) is 0 Å². The first-order valence-electron chi connectivity index (χ1n) is 10.8. The van der Waals surface area contributed by atoms with Gasteiger partial charge in [-0.25, -0.2) is 8.42 Å². The molecule has 0 unspecified atom stereocenters. The predicted octanol–water partition coefficient (Wildman–Crippen LogP) is 3.86. The van der Waals surface area contributed by atoms with Crippen LogP contribution in [0.1, 0.15) is 69.1 Å². The van der Waals surface area contributed by atoms with Crippen molar-refractivity contribution in [3.05, 3.63) is 41.5 Å². The molecule has 1 aromatic heterocycles. The highest BCUT2D eigenvalue weighted by Crippen LogP contribution is 2.47. The van der Waals surface area contributed by atoms with E-state index in [4.69, 9.17) is 9.26 Å². The first kappa shape index (κ1) is 21.5. The molecule has 2 heterocycles. The van der Waals surface area contributed by atoms with E-state index in [1.165, 1.54) is 12.8 Å². The minimum atomic E-state index is -3.50. The number of ether oxygens (including phenoxy) is 1. The van der Waals surface area contributed by atoms with E-state index in [2.05, 4.69) is 24.0 Å². The minimum Gasteiger partial charge on any atom is -0.375 e. The summed E-state index contributed by atoms with van der Waals surface area (Å²) >= 11 is 0. The molecule has 1 saturated heterocycles. The van der Waals surface area contributed by atoms with E-state index in [0.29, 0.717) is 61.0 Å². The van der Waals surface area contributed by atoms with Crippen LogP contribution >= 0.6 is 0 Å². The lowest BCUT2D eigenvalue weighted by molar-refractivity contribution is 0.151. The molecular formula is C22H31N3O4S. The van der Waals surface area contributed by atoms with E-state index in [-0.39, 0.29) is 5.41 Å². The molecule has 2 fully saturated rings. The second-order valence-corrected chi connectivity index (χ2v) is 10.9. The van der Waals surface area contributed by atoms with E-state index in [1.807, 2.05) is 12.1 Å². The van der Waals surface area contributed by atoms with Crippen molar-refractivity contribution >= 4 is 10.0 Å². The highest BCUT2D eigenvalue weighted by Gasteiger charge is 2.46. The molecule has 0 bridgehead atoms. The quantitative estimate of drug-likeness (QED) is 0.628. The summed E-state index contributed by atoms with van der Waals surface area (Å²) in [7, 11) is -1.91. The maximum atomic E-state index is 13.2. The van der Waals surface area contributed by atoms with E-state index in [1.54, 1.807) is 23.5 Å². The van der Waals surface area contributed by atoms with Crippen molar-refractivity contribution in [3.8, 4) is 0 Å². The van der Waals surface area contributed by atoms with Gasteiger partial charge in [0.05, 0.1) is 4.90 Å². The molecule has 0 spiro atoms. The highest BCUT2D eigenvalue weighted by molar-refractivity contribution is 7.89. The Morgan fingerprint density at radius 2 is 1.87 bits per heavy atom. The van der Waals surface area contributed by atoms with Crippen LogP contribution in [-0.4, -0.2) is 43.1 Å². The fourth-order valence-electron chi connectivity index (χ4n) is 4.37. The summed E-state index contributed by atoms with van der Waals surface area (Å²) in [5, 5.41) is 4.25. The minimum absolute atomic E-state index is 0.218. The number of nitrogens with zero attached hydrogens (tertiary/aromatic N) is 3. The second kappa shape index (κ2) is 8.40. The lowest BCUT2D eigenvalue weighted by atomic mass is 9.74. The predicted molar refractivity (Wildman–Crippen MR) is 113 cm³/mol. The van der Waals surface area contributed by atoms with Crippen molar-refractivity contribution < 1.29 is 17.7 Å². The fourth-order valence-corrected chi connectivity index (χ4v) is 5.82. The van der Waals surface area contributed by atoms with Crippen molar-refractivity contribution in [3.63, 3.8) is 0 Å². The van der Waals surface area contributed by atoms with Crippen LogP contribution in [0, 0.1) is 5.92 Å². The normalized spacial score (nSPS) is 20.0. The molecule has 7 nitrogen and oxygen atoms in total. The molecule has 30 heavy (non-hydrogen) atoms. The Balaban J connectivity index is 1.51. The van der Waals surface area contributed by atoms with Gasteiger partial charge < -0.3 is 9.26 Å². The van der Waals surface area contributed by atoms with Gasteiger partial charge >= 0.3 is 0 Å². The SMILES string of the molecule is COCc1nc(C2(CC3CC3)CCN(S(=O)(=O)c3ccc(C(C)C)cc3)CC2)no1. The molecule has 0 N–H and O–H groups in total. The Bertz CT molecular complexity index is 957. The Hall–Kier alpha value is -1.77. The summed E-state index contributed by atoms with van der Waals surface area (Å²) in [5.74, 6) is 2.24. The summed E-state index contributed by atoms with van der Waals surface area (Å²) in [6.07, 6.45) is 4.87. The molecule has 0 atom stereocenters. The van der Waals surface area contributed by atoms with E-state index >= 15 is 0 Å². The molecule has 164 valence electrons. The Labute approximate surface area is 178 Å². The van der Waals surface area contributed by atoms with Crippen LogP contribution in [-0.2, 0) is 26.8 Å². The van der Waals surface area contributed by atoms with Gasteiger partial charge in [0, 0.05) is 25.6 Å². The third-order valence-electron chi connectivity index (χ3n) is 6.45. The van der Waals surface area contributed by atoms with Crippen molar-refractivity contribution in [1.82, 2.24) is 14.4 Å². The van der Waals surface area contributed by atoms with Crippen molar-refractivity contribution in [2.24, 2.45) is 5.92 Å². The zero-order valence-electron chi connectivity index (χ0n) is 18.0. The number of methoxy groups -OCH3 is 1. The highest BCUT2D eigenvalue weighted by atomic mass is 32.2. The summed E-state index contributed by atoms with van der Waals surface area (Å²) in [5.41, 5.74) is 0.921. The van der Waals surface area contributed by atoms with Crippen LogP contribution in [0.4, 0.5) is 0 Å². The van der Waals surface area contributed by atoms with E-state index < -0.39 is 10.0 Å². The number of rotatable bonds is 8. The Morgan fingerprint density at radius 1 is 1.20 bits per heavy atom. The fraction of sp³-hybridized carbons (Fsp3) is 0.636. The average molecular weight is 434 g/mol. The number of benzene rings is 1. The number of aromatic nitrogens is 2. The third kappa shape index (κ3) is 4.31. The summed E-state index contributed by atoms with van der Waals surface area (Å²) in [6, 6.07) is 7.28. The van der Waals surface area contributed by atoms with Gasteiger partial charge in [-0.3, -0.25) is 0 Å². The van der Waals surface area contributed by atoms with Gasteiger partial charge in [0.15, 0.2) is 5.82 Å². The lowest BCUT2D eigenvalue weighted by Gasteiger charge is -2.39. The number of piperidine rings is 1. The van der Waals surface area contributed by atoms with Crippen molar-refractivity contribution in [2.45, 2.75) is 68.8 Å². The second-order valence-electron chi connectivity index (χ2n) is 9.00. The average Bonchev–Trinajstić information content (AvgIpc) is 3.42. The molecule has 0 amide bonds. The van der Waals surface area contributed by atoms with Crippen molar-refractivity contribution in [1.29, 1.82) is 0 Å². The van der Waals surface area contributed by atoms with Crippen LogP contribution in [0.2, 0.25) is 0 Å². The first-order chi connectivity index (χ1) is 14.3. The topological polar surface area (TPSA) is 85.5 Å². The molecule has 1 aliphatic carbocycles. The number of hydrogen-bond donors (Lipinski definition) is 0. The molecule has 0 radical (unpaired) electrons. The summed E-state index contributed by atoms with van der Waals surface area (Å²) < 4.78 is 38.5. The largest absolute Gasteiger partial charge is 0.375 e. The van der Waals surface area contributed by atoms with Crippen LogP contribution < -0.4 is 0 Å². The van der Waals surface area contributed by atoms with Gasteiger partial charge in [0.25, 0.3) is 5.89 Å². The monoisotopic (exact) mass is 433 g/mol. The van der Waals surface area contributed by atoms with Gasteiger partial charge in [-0.15, -0.1) is 0 Å². The Morgan fingerprint density at radius 3 is 2.43 bits per heavy atom. The zero-order valence-corrected chi connectivity index (χ0v) is 18.8. The maximum Gasteiger partial charge on any atom is 0.252 e. The van der Waals surface area contributed by atoms with Crippen LogP contribution in [0.25, 0.3) is 0 Å². The van der Waals surface area contributed by atoms with Crippen molar-refractivity contribution in [2.75, 3.05) is 20.2 Å². The van der Waals surface area contributed by atoms with Gasteiger partial charge in [-0.1, -0.05) is 44.0 Å². The van der Waals surface area contributed by atoms with Gasteiger partial charge in [-0.2, -0.15) is 9.29 Å². The first-order valence-corrected chi connectivity index (χ1v) is 12.2. The smallest absolute Gasteiger partial charge is 0.252 e. The maximum absolute atomic E-state index is 13.2. The Kier molecular flexibility index (Phi) is 6.01. The summed E-state index contributed by atoms with van der Waals surface area (Å²) in [6.45, 7) is 5.43. The standard InChI is InChI=1S/C22H31N3O4S/c1-16(2)18-6-8-19(9-7-18)30(26,27)25-12-10-22(11-13-25,14-17-4-5-17)21-23-20(15-28-3)29-24-21/h6-9,16-17H,4-5,10-15H2,1-3H3. The lowest BCUT2D eigenvalue weighted by Crippen LogP contribution is -2.46. The van der Waals surface area contributed by atoms with Crippen LogP contribution in [0.15, 0.2) is 33.7 Å². The zero-order chi connectivity index (χ0) is 21.4. The summed E-state index contributed by atoms with van der Waals surface area (Å²) in [4.78, 5) is 4.94. The molecular weight excluding hydrogens is 402 g/mol. The molecule has 4 rings (SSSR count). The molecule has 1 aliphatic heterocycles. The molecule has 1 saturated carbocycles. The van der Waals surface area contributed by atoms with E-state index in [9.17, 15) is 8.42 Å². The van der Waals surface area contributed by atoms with Crippen LogP contribution in [0.5, 0.6) is 0 Å². The third-order valence-corrected chi connectivity index (χ3v) is 8.36. The number of hydrogen-bond acceptors (Lipinski definition) is 6. The van der Waals surface area contributed by atoms with Gasteiger partial charge in [0.2, 0.25) is 10.0 Å². The van der Waals surface area contributed by atoms with E-state index in [0.717, 1.165) is 12.0 Å². The molecule has 2 aliphatic rings. The van der Waals surface area contributed by atoms with Gasteiger partial charge in [-0.05, 0) is 48.8 Å². The molecule has 1 aromatic carbocycles.